The first kappa shape index (κ1) is 11.6. The third-order valence-electron chi connectivity index (χ3n) is 3.23. The summed E-state index contributed by atoms with van der Waals surface area (Å²) >= 11 is 0. The highest BCUT2D eigenvalue weighted by Crippen LogP contribution is 2.27. The van der Waals surface area contributed by atoms with Crippen LogP contribution in [0.15, 0.2) is 42.5 Å². The number of aryl methyl sites for hydroxylation is 1. The van der Waals surface area contributed by atoms with Crippen LogP contribution >= 0.6 is 0 Å². The van der Waals surface area contributed by atoms with Crippen LogP contribution in [-0.4, -0.2) is 16.7 Å². The molecule has 96 valence electrons. The molecule has 0 atom stereocenters. The lowest BCUT2D eigenvalue weighted by Gasteiger charge is -2.11. The van der Waals surface area contributed by atoms with E-state index in [-0.39, 0.29) is 0 Å². The third-order valence-corrected chi connectivity index (χ3v) is 3.23. The van der Waals surface area contributed by atoms with E-state index >= 15 is 0 Å². The molecule has 0 radical (unpaired) electrons. The molecule has 0 saturated heterocycles. The molecule has 3 rings (SSSR count). The number of nitrogen functional groups attached to an aromatic ring is 1. The summed E-state index contributed by atoms with van der Waals surface area (Å²) in [6, 6.07) is 13.8. The van der Waals surface area contributed by atoms with Gasteiger partial charge in [-0.15, -0.1) is 0 Å². The number of imidazole rings is 1. The summed E-state index contributed by atoms with van der Waals surface area (Å²) in [7, 11) is 1.66. The molecule has 0 unspecified atom stereocenters. The zero-order valence-corrected chi connectivity index (χ0v) is 10.9. The van der Waals surface area contributed by atoms with Gasteiger partial charge in [-0.05, 0) is 42.8 Å². The molecule has 2 N–H and O–H groups in total. The summed E-state index contributed by atoms with van der Waals surface area (Å²) in [5, 5.41) is 0. The molecular formula is C15H15N3O. The van der Waals surface area contributed by atoms with E-state index in [0.29, 0.717) is 5.95 Å². The topological polar surface area (TPSA) is 53.1 Å². The lowest BCUT2D eigenvalue weighted by atomic mass is 10.2. The molecule has 4 nitrogen and oxygen atoms in total. The quantitative estimate of drug-likeness (QED) is 0.764. The van der Waals surface area contributed by atoms with Crippen molar-refractivity contribution < 1.29 is 4.74 Å². The average molecular weight is 253 g/mol. The Kier molecular flexibility index (Phi) is 2.63. The molecule has 3 aromatic rings. The maximum Gasteiger partial charge on any atom is 0.205 e. The maximum atomic E-state index is 6.05. The first-order chi connectivity index (χ1) is 9.20. The first-order valence-electron chi connectivity index (χ1n) is 6.08. The second-order valence-electron chi connectivity index (χ2n) is 4.45. The van der Waals surface area contributed by atoms with Crippen molar-refractivity contribution in [3.05, 3.63) is 48.0 Å². The fourth-order valence-electron chi connectivity index (χ4n) is 2.30. The molecule has 2 aromatic carbocycles. The van der Waals surface area contributed by atoms with Crippen LogP contribution in [0.25, 0.3) is 16.7 Å². The van der Waals surface area contributed by atoms with E-state index in [2.05, 4.69) is 4.98 Å². The van der Waals surface area contributed by atoms with Gasteiger partial charge in [0.05, 0.1) is 23.8 Å². The zero-order valence-electron chi connectivity index (χ0n) is 10.9. The molecule has 1 aromatic heterocycles. The molecule has 0 aliphatic heterocycles. The average Bonchev–Trinajstić information content (AvgIpc) is 2.75. The maximum absolute atomic E-state index is 6.05. The number of aromatic nitrogens is 2. The Morgan fingerprint density at radius 1 is 1.16 bits per heavy atom. The van der Waals surface area contributed by atoms with E-state index in [4.69, 9.17) is 10.5 Å². The van der Waals surface area contributed by atoms with E-state index in [0.717, 1.165) is 28.0 Å². The molecule has 0 fully saturated rings. The Morgan fingerprint density at radius 2 is 1.95 bits per heavy atom. The fraction of sp³-hybridized carbons (Fsp3) is 0.133. The summed E-state index contributed by atoms with van der Waals surface area (Å²) in [6.07, 6.45) is 0. The molecule has 19 heavy (non-hydrogen) atoms. The number of anilines is 1. The van der Waals surface area contributed by atoms with Crippen LogP contribution in [0.5, 0.6) is 5.75 Å². The number of hydrogen-bond donors (Lipinski definition) is 1. The highest BCUT2D eigenvalue weighted by Gasteiger charge is 2.11. The van der Waals surface area contributed by atoms with Crippen LogP contribution in [0.4, 0.5) is 5.95 Å². The van der Waals surface area contributed by atoms with Gasteiger partial charge >= 0.3 is 0 Å². The van der Waals surface area contributed by atoms with E-state index in [9.17, 15) is 0 Å². The summed E-state index contributed by atoms with van der Waals surface area (Å²) in [6.45, 7) is 2.03. The lowest BCUT2D eigenvalue weighted by Crippen LogP contribution is -2.02. The van der Waals surface area contributed by atoms with Gasteiger partial charge in [-0.3, -0.25) is 4.57 Å². The van der Waals surface area contributed by atoms with Gasteiger partial charge in [0.2, 0.25) is 5.95 Å². The van der Waals surface area contributed by atoms with E-state index in [1.807, 2.05) is 54.0 Å². The Hall–Kier alpha value is -2.49. The fourth-order valence-corrected chi connectivity index (χ4v) is 2.30. The Morgan fingerprint density at radius 3 is 2.68 bits per heavy atom. The van der Waals surface area contributed by atoms with Crippen molar-refractivity contribution in [2.24, 2.45) is 0 Å². The van der Waals surface area contributed by atoms with Gasteiger partial charge in [-0.25, -0.2) is 4.98 Å². The summed E-state index contributed by atoms with van der Waals surface area (Å²) < 4.78 is 7.19. The van der Waals surface area contributed by atoms with Crippen LogP contribution in [0, 0.1) is 6.92 Å². The smallest absolute Gasteiger partial charge is 0.205 e. The number of benzene rings is 2. The predicted molar refractivity (Wildman–Crippen MR) is 76.8 cm³/mol. The van der Waals surface area contributed by atoms with Crippen molar-refractivity contribution >= 4 is 17.0 Å². The number of nitrogens with two attached hydrogens (primary N) is 1. The SMILES string of the molecule is COc1ccc(-n2c(N)nc3ccccc32)c(C)c1. The van der Waals surface area contributed by atoms with Crippen molar-refractivity contribution in [3.8, 4) is 11.4 Å². The molecule has 0 aliphatic rings. The predicted octanol–water partition coefficient (Wildman–Crippen LogP) is 2.92. The van der Waals surface area contributed by atoms with Gasteiger partial charge in [0, 0.05) is 0 Å². The molecule has 0 spiro atoms. The highest BCUT2D eigenvalue weighted by molar-refractivity contribution is 5.81. The van der Waals surface area contributed by atoms with Crippen molar-refractivity contribution in [3.63, 3.8) is 0 Å². The Labute approximate surface area is 111 Å². The van der Waals surface area contributed by atoms with Crippen LogP contribution in [-0.2, 0) is 0 Å². The van der Waals surface area contributed by atoms with Gasteiger partial charge in [0.1, 0.15) is 5.75 Å². The monoisotopic (exact) mass is 253 g/mol. The third kappa shape index (κ3) is 1.81. The second kappa shape index (κ2) is 4.31. The standard InChI is InChI=1S/C15H15N3O/c1-10-9-11(19-2)7-8-13(10)18-14-6-4-3-5-12(14)17-15(18)16/h3-9H,1-2H3,(H2,16,17). The van der Waals surface area contributed by atoms with Gasteiger partial charge in [-0.2, -0.15) is 0 Å². The number of ether oxygens (including phenoxy) is 1. The minimum Gasteiger partial charge on any atom is -0.497 e. The first-order valence-corrected chi connectivity index (χ1v) is 6.08. The van der Waals surface area contributed by atoms with E-state index in [1.165, 1.54) is 0 Å². The minimum absolute atomic E-state index is 0.495. The van der Waals surface area contributed by atoms with E-state index < -0.39 is 0 Å². The van der Waals surface area contributed by atoms with E-state index in [1.54, 1.807) is 7.11 Å². The van der Waals surface area contributed by atoms with Gasteiger partial charge < -0.3 is 10.5 Å². The molecule has 1 heterocycles. The second-order valence-corrected chi connectivity index (χ2v) is 4.45. The largest absolute Gasteiger partial charge is 0.497 e. The number of para-hydroxylation sites is 2. The molecular weight excluding hydrogens is 238 g/mol. The van der Waals surface area contributed by atoms with Crippen LogP contribution in [0.2, 0.25) is 0 Å². The minimum atomic E-state index is 0.495. The number of fused-ring (bicyclic) bond motifs is 1. The van der Waals surface area contributed by atoms with Crippen molar-refractivity contribution in [2.75, 3.05) is 12.8 Å². The number of methoxy groups -OCH3 is 1. The highest BCUT2D eigenvalue weighted by atomic mass is 16.5. The van der Waals surface area contributed by atoms with Crippen molar-refractivity contribution in [1.29, 1.82) is 0 Å². The molecule has 0 saturated carbocycles. The number of nitrogens with zero attached hydrogens (tertiary/aromatic N) is 2. The molecule has 0 amide bonds. The van der Waals surface area contributed by atoms with Crippen molar-refractivity contribution in [2.45, 2.75) is 6.92 Å². The normalized spacial score (nSPS) is 10.8. The van der Waals surface area contributed by atoms with Gasteiger partial charge in [0.15, 0.2) is 0 Å². The van der Waals surface area contributed by atoms with Crippen molar-refractivity contribution in [1.82, 2.24) is 9.55 Å². The molecule has 4 heteroatoms. The summed E-state index contributed by atoms with van der Waals surface area (Å²) in [4.78, 5) is 4.38. The number of rotatable bonds is 2. The zero-order chi connectivity index (χ0) is 13.4. The Bertz CT molecular complexity index is 746. The Balaban J connectivity index is 2.27. The van der Waals surface area contributed by atoms with Crippen LogP contribution in [0.1, 0.15) is 5.56 Å². The summed E-state index contributed by atoms with van der Waals surface area (Å²) in [5.41, 5.74) is 10.1. The molecule has 0 bridgehead atoms. The van der Waals surface area contributed by atoms with Gasteiger partial charge in [0.25, 0.3) is 0 Å². The lowest BCUT2D eigenvalue weighted by molar-refractivity contribution is 0.414. The number of hydrogen-bond acceptors (Lipinski definition) is 3. The van der Waals surface area contributed by atoms with Crippen LogP contribution in [0.3, 0.4) is 0 Å². The molecule has 0 aliphatic carbocycles. The summed E-state index contributed by atoms with van der Waals surface area (Å²) in [5.74, 6) is 1.33. The van der Waals surface area contributed by atoms with Crippen LogP contribution < -0.4 is 10.5 Å². The van der Waals surface area contributed by atoms with Gasteiger partial charge in [-0.1, -0.05) is 12.1 Å².